The topological polar surface area (TPSA) is 34.9 Å². The maximum atomic E-state index is 12.5. The van der Waals surface area contributed by atoms with Gasteiger partial charge in [0.15, 0.2) is 5.78 Å². The molecule has 0 aromatic carbocycles. The van der Waals surface area contributed by atoms with Gasteiger partial charge in [0.2, 0.25) is 5.92 Å². The number of carbonyl (C=O) groups excluding carboxylic acids is 1. The molecule has 1 heterocycles. The number of rotatable bonds is 4. The first-order valence-electron chi connectivity index (χ1n) is 4.30. The summed E-state index contributed by atoms with van der Waals surface area (Å²) in [6.07, 6.45) is 2.59. The van der Waals surface area contributed by atoms with Crippen molar-refractivity contribution in [2.45, 2.75) is 32.7 Å². The standard InChI is InChI=1S/C9H12F2N2O/c1-7(14)8-5-12-13(6-8)4-3-9(2,10)11/h5-6H,3-4H2,1-2H3. The van der Waals surface area contributed by atoms with Crippen molar-refractivity contribution in [3.63, 3.8) is 0 Å². The number of aryl methyl sites for hydroxylation is 1. The number of halogens is 2. The fraction of sp³-hybridized carbons (Fsp3) is 0.556. The molecule has 78 valence electrons. The number of hydrogen-bond acceptors (Lipinski definition) is 2. The van der Waals surface area contributed by atoms with Crippen molar-refractivity contribution in [1.82, 2.24) is 9.78 Å². The first-order valence-corrected chi connectivity index (χ1v) is 4.30. The first-order chi connectivity index (χ1) is 6.38. The maximum Gasteiger partial charge on any atom is 0.247 e. The summed E-state index contributed by atoms with van der Waals surface area (Å²) >= 11 is 0. The zero-order valence-corrected chi connectivity index (χ0v) is 8.13. The molecule has 0 bridgehead atoms. The number of Topliss-reactive ketones (excluding diaryl/α,β-unsaturated/α-hetero) is 1. The molecule has 3 nitrogen and oxygen atoms in total. The average molecular weight is 202 g/mol. The maximum absolute atomic E-state index is 12.5. The highest BCUT2D eigenvalue weighted by Crippen LogP contribution is 2.17. The van der Waals surface area contributed by atoms with Crippen LogP contribution in [-0.2, 0) is 6.54 Å². The largest absolute Gasteiger partial charge is 0.294 e. The van der Waals surface area contributed by atoms with Crippen LogP contribution in [0.1, 0.15) is 30.6 Å². The highest BCUT2D eigenvalue weighted by atomic mass is 19.3. The van der Waals surface area contributed by atoms with E-state index in [-0.39, 0.29) is 18.7 Å². The van der Waals surface area contributed by atoms with Crippen molar-refractivity contribution in [3.8, 4) is 0 Å². The third-order valence-corrected chi connectivity index (χ3v) is 1.82. The predicted molar refractivity (Wildman–Crippen MR) is 47.5 cm³/mol. The molecule has 0 aliphatic rings. The lowest BCUT2D eigenvalue weighted by Crippen LogP contribution is -2.14. The fourth-order valence-corrected chi connectivity index (χ4v) is 0.979. The minimum Gasteiger partial charge on any atom is -0.294 e. The molecule has 0 aliphatic heterocycles. The van der Waals surface area contributed by atoms with Crippen LogP contribution in [0.3, 0.4) is 0 Å². The van der Waals surface area contributed by atoms with Gasteiger partial charge in [0, 0.05) is 19.2 Å². The third kappa shape index (κ3) is 3.24. The molecule has 0 saturated heterocycles. The number of carbonyl (C=O) groups is 1. The number of nitrogens with zero attached hydrogens (tertiary/aromatic N) is 2. The molecule has 0 atom stereocenters. The van der Waals surface area contributed by atoms with Crippen LogP contribution in [0.5, 0.6) is 0 Å². The van der Waals surface area contributed by atoms with Crippen LogP contribution in [0.15, 0.2) is 12.4 Å². The molecule has 1 rings (SSSR count). The molecule has 0 saturated carbocycles. The Kier molecular flexibility index (Phi) is 2.98. The molecule has 0 amide bonds. The van der Waals surface area contributed by atoms with Crippen molar-refractivity contribution in [2.75, 3.05) is 0 Å². The van der Waals surface area contributed by atoms with Gasteiger partial charge >= 0.3 is 0 Å². The highest BCUT2D eigenvalue weighted by Gasteiger charge is 2.20. The van der Waals surface area contributed by atoms with E-state index in [4.69, 9.17) is 0 Å². The Labute approximate surface area is 80.7 Å². The van der Waals surface area contributed by atoms with Crippen molar-refractivity contribution < 1.29 is 13.6 Å². The van der Waals surface area contributed by atoms with E-state index in [0.717, 1.165) is 6.92 Å². The number of aromatic nitrogens is 2. The molecule has 0 spiro atoms. The second kappa shape index (κ2) is 3.86. The van der Waals surface area contributed by atoms with Crippen LogP contribution in [0.4, 0.5) is 8.78 Å². The fourth-order valence-electron chi connectivity index (χ4n) is 0.979. The van der Waals surface area contributed by atoms with Crippen molar-refractivity contribution in [1.29, 1.82) is 0 Å². The Morgan fingerprint density at radius 2 is 2.29 bits per heavy atom. The van der Waals surface area contributed by atoms with Crippen LogP contribution in [0.25, 0.3) is 0 Å². The summed E-state index contributed by atoms with van der Waals surface area (Å²) in [7, 11) is 0. The Morgan fingerprint density at radius 3 is 2.71 bits per heavy atom. The second-order valence-electron chi connectivity index (χ2n) is 3.37. The van der Waals surface area contributed by atoms with Gasteiger partial charge < -0.3 is 0 Å². The van der Waals surface area contributed by atoms with E-state index in [9.17, 15) is 13.6 Å². The van der Waals surface area contributed by atoms with Crippen LogP contribution < -0.4 is 0 Å². The summed E-state index contributed by atoms with van der Waals surface area (Å²) in [6.45, 7) is 2.40. The Bertz CT molecular complexity index is 328. The summed E-state index contributed by atoms with van der Waals surface area (Å²) in [4.78, 5) is 10.9. The molecular formula is C9H12F2N2O. The van der Waals surface area contributed by atoms with Gasteiger partial charge in [-0.3, -0.25) is 9.48 Å². The van der Waals surface area contributed by atoms with Gasteiger partial charge in [0.05, 0.1) is 11.8 Å². The molecule has 14 heavy (non-hydrogen) atoms. The van der Waals surface area contributed by atoms with E-state index in [1.54, 1.807) is 0 Å². The summed E-state index contributed by atoms with van der Waals surface area (Å²) in [6, 6.07) is 0. The first kappa shape index (κ1) is 10.8. The van der Waals surface area contributed by atoms with Crippen LogP contribution >= 0.6 is 0 Å². The van der Waals surface area contributed by atoms with Gasteiger partial charge in [-0.2, -0.15) is 5.10 Å². The van der Waals surface area contributed by atoms with Crippen LogP contribution in [0.2, 0.25) is 0 Å². The summed E-state index contributed by atoms with van der Waals surface area (Å²) < 4.78 is 26.3. The smallest absolute Gasteiger partial charge is 0.247 e. The van der Waals surface area contributed by atoms with Crippen LogP contribution in [-0.4, -0.2) is 21.5 Å². The van der Waals surface area contributed by atoms with Gasteiger partial charge in [-0.1, -0.05) is 0 Å². The molecule has 0 radical (unpaired) electrons. The van der Waals surface area contributed by atoms with E-state index < -0.39 is 5.92 Å². The number of hydrogen-bond donors (Lipinski definition) is 0. The van der Waals surface area contributed by atoms with Crippen molar-refractivity contribution in [3.05, 3.63) is 18.0 Å². The Hall–Kier alpha value is -1.26. The lowest BCUT2D eigenvalue weighted by Gasteiger charge is -2.08. The van der Waals surface area contributed by atoms with E-state index in [1.807, 2.05) is 0 Å². The Morgan fingerprint density at radius 1 is 1.64 bits per heavy atom. The predicted octanol–water partition coefficient (Wildman–Crippen LogP) is 2.13. The average Bonchev–Trinajstić information content (AvgIpc) is 2.47. The van der Waals surface area contributed by atoms with E-state index in [0.29, 0.717) is 5.56 Å². The molecular weight excluding hydrogens is 190 g/mol. The van der Waals surface area contributed by atoms with Gasteiger partial charge in [-0.05, 0) is 13.8 Å². The normalized spacial score (nSPS) is 11.7. The summed E-state index contributed by atoms with van der Waals surface area (Å²) in [5.41, 5.74) is 0.449. The minimum absolute atomic E-state index is 0.112. The molecule has 0 fully saturated rings. The highest BCUT2D eigenvalue weighted by molar-refractivity contribution is 5.93. The molecule has 0 N–H and O–H groups in total. The van der Waals surface area contributed by atoms with Crippen molar-refractivity contribution in [2.24, 2.45) is 0 Å². The zero-order chi connectivity index (χ0) is 10.8. The SMILES string of the molecule is CC(=O)c1cnn(CCC(C)(F)F)c1. The monoisotopic (exact) mass is 202 g/mol. The second-order valence-corrected chi connectivity index (χ2v) is 3.37. The molecule has 0 unspecified atom stereocenters. The lowest BCUT2D eigenvalue weighted by atomic mass is 10.2. The Balaban J connectivity index is 2.56. The molecule has 0 aliphatic carbocycles. The van der Waals surface area contributed by atoms with Gasteiger partial charge in [0.25, 0.3) is 0 Å². The summed E-state index contributed by atoms with van der Waals surface area (Å²) in [5, 5.41) is 3.80. The number of ketones is 1. The van der Waals surface area contributed by atoms with Crippen molar-refractivity contribution >= 4 is 5.78 Å². The molecule has 5 heteroatoms. The van der Waals surface area contributed by atoms with Crippen LogP contribution in [0, 0.1) is 0 Å². The summed E-state index contributed by atoms with van der Waals surface area (Å²) in [5.74, 6) is -2.80. The quantitative estimate of drug-likeness (QED) is 0.701. The number of alkyl halides is 2. The van der Waals surface area contributed by atoms with E-state index in [2.05, 4.69) is 5.10 Å². The van der Waals surface area contributed by atoms with E-state index in [1.165, 1.54) is 24.0 Å². The minimum atomic E-state index is -2.69. The van der Waals surface area contributed by atoms with Gasteiger partial charge in [0.1, 0.15) is 0 Å². The zero-order valence-electron chi connectivity index (χ0n) is 8.13. The lowest BCUT2D eigenvalue weighted by molar-refractivity contribution is 0.00779. The molecule has 1 aromatic rings. The molecule has 1 aromatic heterocycles. The van der Waals surface area contributed by atoms with Gasteiger partial charge in [-0.15, -0.1) is 0 Å². The van der Waals surface area contributed by atoms with Gasteiger partial charge in [-0.25, -0.2) is 8.78 Å². The third-order valence-electron chi connectivity index (χ3n) is 1.82. The van der Waals surface area contributed by atoms with E-state index >= 15 is 0 Å².